The molecule has 0 bridgehead atoms. The third-order valence-electron chi connectivity index (χ3n) is 3.36. The van der Waals surface area contributed by atoms with Crippen molar-refractivity contribution >= 4 is 5.69 Å². The van der Waals surface area contributed by atoms with E-state index in [-0.39, 0.29) is 0 Å². The molecule has 0 saturated carbocycles. The lowest BCUT2D eigenvalue weighted by Gasteiger charge is -2.32. The van der Waals surface area contributed by atoms with E-state index in [1.54, 1.807) is 0 Å². The first kappa shape index (κ1) is 12.4. The lowest BCUT2D eigenvalue weighted by Crippen LogP contribution is -2.48. The predicted molar refractivity (Wildman–Crippen MR) is 69.6 cm³/mol. The molecule has 1 aliphatic heterocycles. The molecule has 2 rings (SSSR count). The number of rotatable bonds is 4. The summed E-state index contributed by atoms with van der Waals surface area (Å²) in [5, 5.41) is 16.8. The highest BCUT2D eigenvalue weighted by molar-refractivity contribution is 5.46. The molecule has 1 saturated heterocycles. The lowest BCUT2D eigenvalue weighted by molar-refractivity contribution is 0.0109. The molecule has 1 heterocycles. The van der Waals surface area contributed by atoms with E-state index >= 15 is 0 Å². The van der Waals surface area contributed by atoms with Crippen LogP contribution in [0.4, 0.5) is 5.69 Å². The summed E-state index contributed by atoms with van der Waals surface area (Å²) in [6.07, 6.45) is 1.62. The first-order chi connectivity index (χ1) is 8.20. The second-order valence-electron chi connectivity index (χ2n) is 4.78. The van der Waals surface area contributed by atoms with E-state index in [0.717, 1.165) is 37.2 Å². The first-order valence-electron chi connectivity index (χ1n) is 6.17. The number of para-hydroxylation sites is 1. The molecule has 4 heteroatoms. The van der Waals surface area contributed by atoms with Gasteiger partial charge in [0.25, 0.3) is 0 Å². The van der Waals surface area contributed by atoms with Gasteiger partial charge in [0.05, 0.1) is 5.60 Å². The zero-order chi connectivity index (χ0) is 12.1. The van der Waals surface area contributed by atoms with E-state index < -0.39 is 5.60 Å². The zero-order valence-electron chi connectivity index (χ0n) is 10.1. The van der Waals surface area contributed by atoms with Crippen molar-refractivity contribution in [3.63, 3.8) is 0 Å². The summed E-state index contributed by atoms with van der Waals surface area (Å²) in [6, 6.07) is 7.82. The molecular weight excluding hydrogens is 214 g/mol. The van der Waals surface area contributed by atoms with Crippen LogP contribution in [-0.4, -0.2) is 30.3 Å². The topological polar surface area (TPSA) is 70.3 Å². The van der Waals surface area contributed by atoms with Crippen LogP contribution in [0.1, 0.15) is 18.4 Å². The standard InChI is InChI=1S/C13H21N3O/c14-12-4-2-1-3-11(12)9-16-10-13(17)5-7-15-8-6-13/h1-4,15-17H,5-10,14H2. The minimum absolute atomic E-state index is 0.561. The Morgan fingerprint density at radius 2 is 2.00 bits per heavy atom. The fourth-order valence-corrected chi connectivity index (χ4v) is 2.19. The summed E-state index contributed by atoms with van der Waals surface area (Å²) in [4.78, 5) is 0. The van der Waals surface area contributed by atoms with E-state index in [1.807, 2.05) is 24.3 Å². The van der Waals surface area contributed by atoms with Crippen LogP contribution >= 0.6 is 0 Å². The molecule has 5 N–H and O–H groups in total. The number of nitrogen functional groups attached to an aromatic ring is 1. The number of hydrogen-bond donors (Lipinski definition) is 4. The normalized spacial score (nSPS) is 19.1. The quantitative estimate of drug-likeness (QED) is 0.573. The van der Waals surface area contributed by atoms with E-state index in [0.29, 0.717) is 13.1 Å². The first-order valence-corrected chi connectivity index (χ1v) is 6.17. The van der Waals surface area contributed by atoms with Crippen molar-refractivity contribution in [1.82, 2.24) is 10.6 Å². The zero-order valence-corrected chi connectivity index (χ0v) is 10.1. The number of anilines is 1. The summed E-state index contributed by atoms with van der Waals surface area (Å²) in [7, 11) is 0. The van der Waals surface area contributed by atoms with Gasteiger partial charge in [0.15, 0.2) is 0 Å². The summed E-state index contributed by atoms with van der Waals surface area (Å²) < 4.78 is 0. The monoisotopic (exact) mass is 235 g/mol. The molecular formula is C13H21N3O. The lowest BCUT2D eigenvalue weighted by atomic mass is 9.92. The fourth-order valence-electron chi connectivity index (χ4n) is 2.19. The molecule has 1 aromatic carbocycles. The highest BCUT2D eigenvalue weighted by Crippen LogP contribution is 2.17. The molecule has 0 atom stereocenters. The summed E-state index contributed by atoms with van der Waals surface area (Å²) in [6.45, 7) is 3.13. The van der Waals surface area contributed by atoms with Gasteiger partial charge in [-0.2, -0.15) is 0 Å². The molecule has 1 fully saturated rings. The number of benzene rings is 1. The number of aliphatic hydroxyl groups is 1. The minimum atomic E-state index is -0.561. The number of nitrogens with one attached hydrogen (secondary N) is 2. The SMILES string of the molecule is Nc1ccccc1CNCC1(O)CCNCC1. The van der Waals surface area contributed by atoms with Crippen molar-refractivity contribution in [2.24, 2.45) is 0 Å². The van der Waals surface area contributed by atoms with Gasteiger partial charge in [-0.3, -0.25) is 0 Å². The van der Waals surface area contributed by atoms with E-state index in [9.17, 15) is 5.11 Å². The Labute approximate surface area is 102 Å². The second kappa shape index (κ2) is 5.49. The molecule has 0 spiro atoms. The predicted octanol–water partition coefficient (Wildman–Crippen LogP) is 0.473. The average molecular weight is 235 g/mol. The van der Waals surface area contributed by atoms with E-state index in [2.05, 4.69) is 10.6 Å². The maximum atomic E-state index is 10.3. The third-order valence-corrected chi connectivity index (χ3v) is 3.36. The Bertz CT molecular complexity index is 361. The highest BCUT2D eigenvalue weighted by Gasteiger charge is 2.28. The maximum absolute atomic E-state index is 10.3. The van der Waals surface area contributed by atoms with Gasteiger partial charge in [-0.05, 0) is 37.6 Å². The maximum Gasteiger partial charge on any atom is 0.0795 e. The molecule has 0 radical (unpaired) electrons. The highest BCUT2D eigenvalue weighted by atomic mass is 16.3. The molecule has 0 aliphatic carbocycles. The van der Waals surface area contributed by atoms with Gasteiger partial charge in [-0.25, -0.2) is 0 Å². The van der Waals surface area contributed by atoms with Gasteiger partial charge < -0.3 is 21.5 Å². The van der Waals surface area contributed by atoms with Crippen LogP contribution < -0.4 is 16.4 Å². The van der Waals surface area contributed by atoms with Crippen LogP contribution in [0.25, 0.3) is 0 Å². The molecule has 0 unspecified atom stereocenters. The smallest absolute Gasteiger partial charge is 0.0795 e. The van der Waals surface area contributed by atoms with Crippen molar-refractivity contribution in [2.75, 3.05) is 25.4 Å². The van der Waals surface area contributed by atoms with Crippen molar-refractivity contribution in [3.8, 4) is 0 Å². The molecule has 94 valence electrons. The van der Waals surface area contributed by atoms with Crippen LogP contribution in [0, 0.1) is 0 Å². The third kappa shape index (κ3) is 3.43. The summed E-state index contributed by atoms with van der Waals surface area (Å²) in [5.41, 5.74) is 7.19. The van der Waals surface area contributed by atoms with Gasteiger partial charge >= 0.3 is 0 Å². The van der Waals surface area contributed by atoms with Crippen molar-refractivity contribution in [1.29, 1.82) is 0 Å². The van der Waals surface area contributed by atoms with Crippen LogP contribution in [0.15, 0.2) is 24.3 Å². The second-order valence-corrected chi connectivity index (χ2v) is 4.78. The average Bonchev–Trinajstić information content (AvgIpc) is 2.32. The van der Waals surface area contributed by atoms with Crippen molar-refractivity contribution in [2.45, 2.75) is 25.0 Å². The van der Waals surface area contributed by atoms with E-state index in [1.165, 1.54) is 0 Å². The molecule has 0 aromatic heterocycles. The largest absolute Gasteiger partial charge is 0.398 e. The van der Waals surface area contributed by atoms with Crippen molar-refractivity contribution in [3.05, 3.63) is 29.8 Å². The van der Waals surface area contributed by atoms with Gasteiger partial charge in [0.1, 0.15) is 0 Å². The van der Waals surface area contributed by atoms with Gasteiger partial charge in [0.2, 0.25) is 0 Å². The number of hydrogen-bond acceptors (Lipinski definition) is 4. The number of nitrogens with two attached hydrogens (primary N) is 1. The fraction of sp³-hybridized carbons (Fsp3) is 0.538. The molecule has 0 amide bonds. The Kier molecular flexibility index (Phi) is 3.99. The Balaban J connectivity index is 1.81. The van der Waals surface area contributed by atoms with Crippen LogP contribution in [0.2, 0.25) is 0 Å². The molecule has 1 aromatic rings. The van der Waals surface area contributed by atoms with Gasteiger partial charge in [-0.15, -0.1) is 0 Å². The number of piperidine rings is 1. The molecule has 4 nitrogen and oxygen atoms in total. The Hall–Kier alpha value is -1.10. The molecule has 17 heavy (non-hydrogen) atoms. The Morgan fingerprint density at radius 1 is 1.29 bits per heavy atom. The van der Waals surface area contributed by atoms with Gasteiger partial charge in [-0.1, -0.05) is 18.2 Å². The van der Waals surface area contributed by atoms with Gasteiger partial charge in [0, 0.05) is 18.8 Å². The van der Waals surface area contributed by atoms with Crippen LogP contribution in [-0.2, 0) is 6.54 Å². The summed E-state index contributed by atoms with van der Waals surface area (Å²) in [5.74, 6) is 0. The molecule has 1 aliphatic rings. The summed E-state index contributed by atoms with van der Waals surface area (Å²) >= 11 is 0. The van der Waals surface area contributed by atoms with Crippen molar-refractivity contribution < 1.29 is 5.11 Å². The van der Waals surface area contributed by atoms with Crippen LogP contribution in [0.5, 0.6) is 0 Å². The minimum Gasteiger partial charge on any atom is -0.398 e. The van der Waals surface area contributed by atoms with E-state index in [4.69, 9.17) is 5.73 Å². The van der Waals surface area contributed by atoms with Crippen LogP contribution in [0.3, 0.4) is 0 Å². The Morgan fingerprint density at radius 3 is 2.71 bits per heavy atom.